The molecule has 2 heterocycles. The molecule has 0 saturated carbocycles. The molecule has 0 amide bonds. The van der Waals surface area contributed by atoms with Gasteiger partial charge in [-0.2, -0.15) is 0 Å². The molecule has 196 valence electrons. The van der Waals surface area contributed by atoms with E-state index in [4.69, 9.17) is 0 Å². The minimum absolute atomic E-state index is 0.294. The molecule has 8 rings (SSSR count). The summed E-state index contributed by atoms with van der Waals surface area (Å²) in [5, 5.41) is 0. The SMILES string of the molecule is O=S1(=O)c2ccccc2N(c2ccccc2)c2ccc(C3(c4cccnc4)c4ccccc4-c4ccccc43)cc21. The molecule has 5 aromatic carbocycles. The third-order valence-corrected chi connectivity index (χ3v) is 10.2. The van der Waals surface area contributed by atoms with Gasteiger partial charge in [-0.1, -0.05) is 91.0 Å². The van der Waals surface area contributed by atoms with Crippen molar-refractivity contribution in [3.05, 3.63) is 168 Å². The molecule has 0 spiro atoms. The van der Waals surface area contributed by atoms with Crippen LogP contribution in [0, 0.1) is 0 Å². The number of rotatable bonds is 3. The van der Waals surface area contributed by atoms with Gasteiger partial charge in [-0.3, -0.25) is 4.98 Å². The Balaban J connectivity index is 1.47. The normalized spacial score (nSPS) is 15.4. The van der Waals surface area contributed by atoms with Crippen LogP contribution in [0.25, 0.3) is 11.1 Å². The maximum absolute atomic E-state index is 14.3. The van der Waals surface area contributed by atoms with Gasteiger partial charge in [0.05, 0.1) is 26.6 Å². The van der Waals surface area contributed by atoms with E-state index in [0.29, 0.717) is 21.2 Å². The van der Waals surface area contributed by atoms with Gasteiger partial charge in [0, 0.05) is 18.1 Å². The first-order valence-electron chi connectivity index (χ1n) is 13.6. The van der Waals surface area contributed by atoms with Crippen molar-refractivity contribution in [2.45, 2.75) is 15.2 Å². The van der Waals surface area contributed by atoms with Crippen LogP contribution in [0.4, 0.5) is 17.1 Å². The van der Waals surface area contributed by atoms with Crippen LogP contribution in [-0.2, 0) is 15.3 Å². The molecule has 0 saturated heterocycles. The van der Waals surface area contributed by atoms with Crippen LogP contribution in [0.2, 0.25) is 0 Å². The van der Waals surface area contributed by atoms with Gasteiger partial charge in [-0.25, -0.2) is 8.42 Å². The number of sulfone groups is 1. The van der Waals surface area contributed by atoms with E-state index in [1.54, 1.807) is 18.3 Å². The fourth-order valence-electron chi connectivity index (χ4n) is 6.73. The third-order valence-electron chi connectivity index (χ3n) is 8.38. The van der Waals surface area contributed by atoms with E-state index in [-0.39, 0.29) is 0 Å². The van der Waals surface area contributed by atoms with Crippen molar-refractivity contribution in [3.63, 3.8) is 0 Å². The molecule has 1 aliphatic carbocycles. The summed E-state index contributed by atoms with van der Waals surface area (Å²) in [5.41, 5.74) is 7.85. The van der Waals surface area contributed by atoms with Gasteiger partial charge < -0.3 is 4.90 Å². The summed E-state index contributed by atoms with van der Waals surface area (Å²) < 4.78 is 28.7. The van der Waals surface area contributed by atoms with Gasteiger partial charge in [0.15, 0.2) is 0 Å². The number of fused-ring (bicyclic) bond motifs is 5. The van der Waals surface area contributed by atoms with Crippen LogP contribution in [0.1, 0.15) is 22.3 Å². The van der Waals surface area contributed by atoms with E-state index in [2.05, 4.69) is 65.6 Å². The Kier molecular flexibility index (Phi) is 5.09. The minimum Gasteiger partial charge on any atom is -0.308 e. The van der Waals surface area contributed by atoms with Gasteiger partial charge in [0.1, 0.15) is 0 Å². The van der Waals surface area contributed by atoms with Crippen LogP contribution < -0.4 is 4.90 Å². The Morgan fingerprint density at radius 3 is 1.90 bits per heavy atom. The summed E-state index contributed by atoms with van der Waals surface area (Å²) in [6.07, 6.45) is 3.67. The number of anilines is 3. The van der Waals surface area contributed by atoms with Gasteiger partial charge in [0.25, 0.3) is 0 Å². The van der Waals surface area contributed by atoms with Crippen molar-refractivity contribution in [2.75, 3.05) is 4.90 Å². The summed E-state index contributed by atoms with van der Waals surface area (Å²) in [7, 11) is -3.82. The molecule has 0 bridgehead atoms. The Hall–Kier alpha value is -5.00. The highest BCUT2D eigenvalue weighted by molar-refractivity contribution is 7.92. The highest BCUT2D eigenvalue weighted by Gasteiger charge is 2.47. The first-order chi connectivity index (χ1) is 20.1. The predicted octanol–water partition coefficient (Wildman–Crippen LogP) is 8.06. The highest BCUT2D eigenvalue weighted by atomic mass is 32.2. The first kappa shape index (κ1) is 23.9. The fourth-order valence-corrected chi connectivity index (χ4v) is 8.37. The Labute approximate surface area is 239 Å². The van der Waals surface area contributed by atoms with E-state index in [0.717, 1.165) is 39.1 Å². The third kappa shape index (κ3) is 3.21. The fraction of sp³-hybridized carbons (Fsp3) is 0.0278. The largest absolute Gasteiger partial charge is 0.308 e. The molecule has 6 aromatic rings. The monoisotopic (exact) mass is 548 g/mol. The zero-order chi connectivity index (χ0) is 27.6. The van der Waals surface area contributed by atoms with E-state index < -0.39 is 15.3 Å². The van der Waals surface area contributed by atoms with Crippen LogP contribution in [0.3, 0.4) is 0 Å². The second kappa shape index (κ2) is 8.75. The van der Waals surface area contributed by atoms with Crippen molar-refractivity contribution < 1.29 is 8.42 Å². The van der Waals surface area contributed by atoms with E-state index in [1.807, 2.05) is 71.8 Å². The quantitative estimate of drug-likeness (QED) is 0.224. The summed E-state index contributed by atoms with van der Waals surface area (Å²) in [6.45, 7) is 0. The van der Waals surface area contributed by atoms with E-state index in [1.165, 1.54) is 0 Å². The molecule has 0 N–H and O–H groups in total. The Morgan fingerprint density at radius 1 is 0.561 bits per heavy atom. The number of pyridine rings is 1. The first-order valence-corrected chi connectivity index (χ1v) is 15.0. The molecular weight excluding hydrogens is 524 g/mol. The van der Waals surface area contributed by atoms with Crippen molar-refractivity contribution in [2.24, 2.45) is 0 Å². The summed E-state index contributed by atoms with van der Waals surface area (Å²) in [5.74, 6) is 0. The number of hydrogen-bond donors (Lipinski definition) is 0. The lowest BCUT2D eigenvalue weighted by atomic mass is 9.68. The summed E-state index contributed by atoms with van der Waals surface area (Å²) >= 11 is 0. The average molecular weight is 549 g/mol. The molecule has 0 atom stereocenters. The van der Waals surface area contributed by atoms with Crippen molar-refractivity contribution in [3.8, 4) is 11.1 Å². The molecule has 0 unspecified atom stereocenters. The highest BCUT2D eigenvalue weighted by Crippen LogP contribution is 2.57. The van der Waals surface area contributed by atoms with Gasteiger partial charge >= 0.3 is 0 Å². The molecule has 0 fully saturated rings. The smallest absolute Gasteiger partial charge is 0.210 e. The second-order valence-corrected chi connectivity index (χ2v) is 12.3. The van der Waals surface area contributed by atoms with Crippen LogP contribution >= 0.6 is 0 Å². The Morgan fingerprint density at radius 2 is 1.20 bits per heavy atom. The molecule has 1 aromatic heterocycles. The lowest BCUT2D eigenvalue weighted by molar-refractivity contribution is 0.594. The molecule has 2 aliphatic rings. The van der Waals surface area contributed by atoms with Crippen LogP contribution in [0.5, 0.6) is 0 Å². The molecule has 4 nitrogen and oxygen atoms in total. The molecule has 5 heteroatoms. The molecule has 0 radical (unpaired) electrons. The second-order valence-electron chi connectivity index (χ2n) is 10.4. The van der Waals surface area contributed by atoms with Crippen molar-refractivity contribution >= 4 is 26.9 Å². The summed E-state index contributed by atoms with van der Waals surface area (Å²) in [6, 6.07) is 44.0. The lowest BCUT2D eigenvalue weighted by Crippen LogP contribution is -2.30. The van der Waals surface area contributed by atoms with Crippen molar-refractivity contribution in [1.82, 2.24) is 4.98 Å². The Bertz CT molecular complexity index is 2030. The van der Waals surface area contributed by atoms with Gasteiger partial charge in [0.2, 0.25) is 9.84 Å². The number of para-hydroxylation sites is 2. The van der Waals surface area contributed by atoms with Gasteiger partial charge in [-0.05, 0) is 75.8 Å². The topological polar surface area (TPSA) is 50.3 Å². The zero-order valence-corrected chi connectivity index (χ0v) is 22.8. The van der Waals surface area contributed by atoms with Crippen molar-refractivity contribution in [1.29, 1.82) is 0 Å². The molecular formula is C36H24N2O2S. The maximum atomic E-state index is 14.3. The standard InChI is InChI=1S/C36H24N2O2S/c39-41(40)34-19-9-8-18-32(34)38(27-12-2-1-3-13-27)33-21-20-25(23-35(33)41)36(26-11-10-22-37-24-26)30-16-6-4-14-28(30)29-15-5-7-17-31(29)36/h1-24H. The number of nitrogens with zero attached hydrogens (tertiary/aromatic N) is 2. The lowest BCUT2D eigenvalue weighted by Gasteiger charge is -2.36. The maximum Gasteiger partial charge on any atom is 0.210 e. The molecule has 1 aliphatic heterocycles. The number of benzene rings is 5. The number of aromatic nitrogens is 1. The zero-order valence-electron chi connectivity index (χ0n) is 22.0. The number of hydrogen-bond acceptors (Lipinski definition) is 4. The van der Waals surface area contributed by atoms with Crippen LogP contribution in [-0.4, -0.2) is 13.4 Å². The predicted molar refractivity (Wildman–Crippen MR) is 162 cm³/mol. The molecule has 41 heavy (non-hydrogen) atoms. The van der Waals surface area contributed by atoms with Crippen LogP contribution in [0.15, 0.2) is 156 Å². The minimum atomic E-state index is -3.82. The summed E-state index contributed by atoms with van der Waals surface area (Å²) in [4.78, 5) is 7.16. The van der Waals surface area contributed by atoms with E-state index in [9.17, 15) is 8.42 Å². The average Bonchev–Trinajstić information content (AvgIpc) is 3.33. The van der Waals surface area contributed by atoms with Gasteiger partial charge in [-0.15, -0.1) is 0 Å². The van der Waals surface area contributed by atoms with E-state index >= 15 is 0 Å².